The van der Waals surface area contributed by atoms with E-state index in [1.807, 2.05) is 56.0 Å². The lowest BCUT2D eigenvalue weighted by Crippen LogP contribution is -2.41. The van der Waals surface area contributed by atoms with Crippen LogP contribution >= 0.6 is 0 Å². The average molecular weight is 425 g/mol. The van der Waals surface area contributed by atoms with Gasteiger partial charge in [0.1, 0.15) is 11.5 Å². The highest BCUT2D eigenvalue weighted by Gasteiger charge is 2.26. The Kier molecular flexibility index (Phi) is 7.55. The number of methoxy groups -OCH3 is 1. The van der Waals surface area contributed by atoms with Crippen molar-refractivity contribution >= 4 is 11.8 Å². The van der Waals surface area contributed by atoms with E-state index in [1.54, 1.807) is 19.2 Å². The summed E-state index contributed by atoms with van der Waals surface area (Å²) < 4.78 is 11.2. The second kappa shape index (κ2) is 10.3. The number of aryl methyl sites for hydroxylation is 1. The summed E-state index contributed by atoms with van der Waals surface area (Å²) in [6.45, 7) is 7.79. The molecule has 1 heterocycles. The van der Waals surface area contributed by atoms with Crippen molar-refractivity contribution in [2.24, 2.45) is 5.92 Å². The maximum atomic E-state index is 13.0. The van der Waals surface area contributed by atoms with Gasteiger partial charge in [0.2, 0.25) is 0 Å². The average Bonchev–Trinajstić information content (AvgIpc) is 2.77. The van der Waals surface area contributed by atoms with Crippen LogP contribution in [0.3, 0.4) is 0 Å². The van der Waals surface area contributed by atoms with Crippen LogP contribution < -0.4 is 14.8 Å². The van der Waals surface area contributed by atoms with Crippen LogP contribution in [-0.4, -0.2) is 49.6 Å². The number of ether oxygens (including phenoxy) is 2. The van der Waals surface area contributed by atoms with Crippen LogP contribution in [-0.2, 0) is 0 Å². The van der Waals surface area contributed by atoms with Gasteiger partial charge in [0.15, 0.2) is 0 Å². The molecule has 1 N–H and O–H groups in total. The van der Waals surface area contributed by atoms with Crippen LogP contribution in [0.15, 0.2) is 42.5 Å². The minimum atomic E-state index is -0.0863. The van der Waals surface area contributed by atoms with Crippen LogP contribution in [0, 0.1) is 12.8 Å². The van der Waals surface area contributed by atoms with Gasteiger partial charge in [0.05, 0.1) is 13.7 Å². The smallest absolute Gasteiger partial charge is 0.254 e. The van der Waals surface area contributed by atoms with E-state index in [0.29, 0.717) is 18.7 Å². The molecule has 1 aliphatic rings. The molecule has 2 aromatic carbocycles. The molecule has 6 nitrogen and oxygen atoms in total. The monoisotopic (exact) mass is 424 g/mol. The Labute approximate surface area is 184 Å². The fourth-order valence-electron chi connectivity index (χ4n) is 3.82. The summed E-state index contributed by atoms with van der Waals surface area (Å²) in [6.07, 6.45) is 1.99. The third-order valence-electron chi connectivity index (χ3n) is 5.49. The number of rotatable bonds is 7. The number of nitrogens with one attached hydrogen (secondary N) is 1. The highest BCUT2D eigenvalue weighted by Crippen LogP contribution is 2.23. The first-order chi connectivity index (χ1) is 14.9. The fourth-order valence-corrected chi connectivity index (χ4v) is 3.82. The predicted molar refractivity (Wildman–Crippen MR) is 121 cm³/mol. The van der Waals surface area contributed by atoms with Gasteiger partial charge in [-0.25, -0.2) is 0 Å². The molecule has 0 saturated carbocycles. The lowest BCUT2D eigenvalue weighted by molar-refractivity contribution is 0.0632. The first-order valence-corrected chi connectivity index (χ1v) is 10.8. The molecule has 0 radical (unpaired) electrons. The zero-order valence-corrected chi connectivity index (χ0v) is 18.8. The van der Waals surface area contributed by atoms with Crippen LogP contribution in [0.4, 0.5) is 0 Å². The molecule has 1 aliphatic heterocycles. The minimum absolute atomic E-state index is 0.0605. The Morgan fingerprint density at radius 3 is 2.48 bits per heavy atom. The SMILES string of the molecule is COc1ccc(C(=O)N2CCC[C@H](COc3ccc(C(=O)NC(C)C)cc3)C2)c(C)c1. The molecule has 1 saturated heterocycles. The molecule has 2 aromatic rings. The molecule has 0 aromatic heterocycles. The number of carbonyl (C=O) groups excluding carboxylic acids is 2. The molecule has 3 rings (SSSR count). The molecule has 6 heteroatoms. The lowest BCUT2D eigenvalue weighted by Gasteiger charge is -2.33. The van der Waals surface area contributed by atoms with E-state index in [4.69, 9.17) is 9.47 Å². The van der Waals surface area contributed by atoms with Gasteiger partial charge in [-0.3, -0.25) is 9.59 Å². The number of benzene rings is 2. The third kappa shape index (κ3) is 6.00. The summed E-state index contributed by atoms with van der Waals surface area (Å²) in [4.78, 5) is 27.0. The molecular formula is C25H32N2O4. The molecule has 31 heavy (non-hydrogen) atoms. The molecule has 1 atom stereocenters. The van der Waals surface area contributed by atoms with Crippen LogP contribution in [0.1, 0.15) is 53.0 Å². The number of hydrogen-bond acceptors (Lipinski definition) is 4. The van der Waals surface area contributed by atoms with Gasteiger partial charge in [-0.15, -0.1) is 0 Å². The lowest BCUT2D eigenvalue weighted by atomic mass is 9.97. The Morgan fingerprint density at radius 2 is 1.84 bits per heavy atom. The zero-order chi connectivity index (χ0) is 22.4. The van der Waals surface area contributed by atoms with Crippen molar-refractivity contribution in [3.05, 3.63) is 59.2 Å². The van der Waals surface area contributed by atoms with Crippen molar-refractivity contribution in [1.82, 2.24) is 10.2 Å². The third-order valence-corrected chi connectivity index (χ3v) is 5.49. The van der Waals surface area contributed by atoms with E-state index in [9.17, 15) is 9.59 Å². The molecular weight excluding hydrogens is 392 g/mol. The van der Waals surface area contributed by atoms with E-state index in [1.165, 1.54) is 0 Å². The number of piperidine rings is 1. The van der Waals surface area contributed by atoms with Crippen LogP contribution in [0.25, 0.3) is 0 Å². The molecule has 2 amide bonds. The van der Waals surface area contributed by atoms with Crippen molar-refractivity contribution in [1.29, 1.82) is 0 Å². The fraction of sp³-hybridized carbons (Fsp3) is 0.440. The quantitative estimate of drug-likeness (QED) is 0.727. The number of carbonyl (C=O) groups is 2. The van der Waals surface area contributed by atoms with Gasteiger partial charge >= 0.3 is 0 Å². The van der Waals surface area contributed by atoms with Crippen molar-refractivity contribution in [2.75, 3.05) is 26.8 Å². The molecule has 0 spiro atoms. The summed E-state index contributed by atoms with van der Waals surface area (Å²) in [5.74, 6) is 1.74. The van der Waals surface area contributed by atoms with Gasteiger partial charge in [-0.05, 0) is 81.6 Å². The van der Waals surface area contributed by atoms with Crippen molar-refractivity contribution in [3.63, 3.8) is 0 Å². The molecule has 1 fully saturated rings. The van der Waals surface area contributed by atoms with E-state index < -0.39 is 0 Å². The normalized spacial score (nSPS) is 16.2. The van der Waals surface area contributed by atoms with Crippen molar-refractivity contribution in [2.45, 2.75) is 39.7 Å². The van der Waals surface area contributed by atoms with E-state index >= 15 is 0 Å². The summed E-state index contributed by atoms with van der Waals surface area (Å²) in [6, 6.07) is 12.9. The van der Waals surface area contributed by atoms with Crippen molar-refractivity contribution < 1.29 is 19.1 Å². The summed E-state index contributed by atoms with van der Waals surface area (Å²) in [7, 11) is 1.62. The van der Waals surface area contributed by atoms with E-state index in [-0.39, 0.29) is 23.8 Å². The first kappa shape index (κ1) is 22.7. The standard InChI is InChI=1S/C25H32N2O4/c1-17(2)26-24(28)20-7-9-21(10-8-20)31-16-19-6-5-13-27(15-19)25(29)23-12-11-22(30-4)14-18(23)3/h7-12,14,17,19H,5-6,13,15-16H2,1-4H3,(H,26,28)/t19-/m0/s1. The number of nitrogens with zero attached hydrogens (tertiary/aromatic N) is 1. The molecule has 0 unspecified atom stereocenters. The molecule has 166 valence electrons. The Bertz CT molecular complexity index is 908. The Hall–Kier alpha value is -3.02. The van der Waals surface area contributed by atoms with Gasteiger partial charge < -0.3 is 19.7 Å². The summed E-state index contributed by atoms with van der Waals surface area (Å²) >= 11 is 0. The molecule has 0 aliphatic carbocycles. The number of amides is 2. The maximum absolute atomic E-state index is 13.0. The second-order valence-electron chi connectivity index (χ2n) is 8.40. The predicted octanol–water partition coefficient (Wildman–Crippen LogP) is 4.07. The highest BCUT2D eigenvalue weighted by atomic mass is 16.5. The number of likely N-dealkylation sites (tertiary alicyclic amines) is 1. The number of hydrogen-bond donors (Lipinski definition) is 1. The second-order valence-corrected chi connectivity index (χ2v) is 8.40. The summed E-state index contributed by atoms with van der Waals surface area (Å²) in [5, 5.41) is 2.88. The first-order valence-electron chi connectivity index (χ1n) is 10.8. The zero-order valence-electron chi connectivity index (χ0n) is 18.8. The van der Waals surface area contributed by atoms with Gasteiger partial charge in [0.25, 0.3) is 11.8 Å². The van der Waals surface area contributed by atoms with Gasteiger partial charge in [0, 0.05) is 36.2 Å². The minimum Gasteiger partial charge on any atom is -0.497 e. The van der Waals surface area contributed by atoms with Crippen molar-refractivity contribution in [3.8, 4) is 11.5 Å². The van der Waals surface area contributed by atoms with Crippen LogP contribution in [0.2, 0.25) is 0 Å². The summed E-state index contributed by atoms with van der Waals surface area (Å²) in [5.41, 5.74) is 2.26. The van der Waals surface area contributed by atoms with Gasteiger partial charge in [-0.1, -0.05) is 0 Å². The van der Waals surface area contributed by atoms with E-state index in [2.05, 4.69) is 5.32 Å². The Morgan fingerprint density at radius 1 is 1.13 bits per heavy atom. The Balaban J connectivity index is 1.55. The van der Waals surface area contributed by atoms with E-state index in [0.717, 1.165) is 42.0 Å². The van der Waals surface area contributed by atoms with Crippen LogP contribution in [0.5, 0.6) is 11.5 Å². The topological polar surface area (TPSA) is 67.9 Å². The van der Waals surface area contributed by atoms with Gasteiger partial charge in [-0.2, -0.15) is 0 Å². The highest BCUT2D eigenvalue weighted by molar-refractivity contribution is 5.96. The molecule has 0 bridgehead atoms. The maximum Gasteiger partial charge on any atom is 0.254 e. The largest absolute Gasteiger partial charge is 0.497 e.